The first-order valence-corrected chi connectivity index (χ1v) is 18.2. The molecule has 0 aliphatic heterocycles. The minimum atomic E-state index is -0.0436. The van der Waals surface area contributed by atoms with E-state index in [9.17, 15) is 0 Å². The maximum absolute atomic E-state index is 6.55. The lowest BCUT2D eigenvalue weighted by molar-refractivity contribution is 0.660. The first kappa shape index (κ1) is 29.3. The molecular formula is C51H34O. The van der Waals surface area contributed by atoms with Gasteiger partial charge >= 0.3 is 0 Å². The number of hydrogen-bond donors (Lipinski definition) is 0. The van der Waals surface area contributed by atoms with E-state index in [4.69, 9.17) is 4.42 Å². The summed E-state index contributed by atoms with van der Waals surface area (Å²) in [5.74, 6) is 0. The van der Waals surface area contributed by atoms with E-state index in [1.807, 2.05) is 0 Å². The fourth-order valence-electron chi connectivity index (χ4n) is 9.19. The number of hydrogen-bond acceptors (Lipinski definition) is 1. The molecule has 0 radical (unpaired) electrons. The Kier molecular flexibility index (Phi) is 6.08. The largest absolute Gasteiger partial charge is 0.456 e. The molecule has 1 heterocycles. The highest BCUT2D eigenvalue weighted by molar-refractivity contribution is 6.26. The van der Waals surface area contributed by atoms with Crippen LogP contribution in [0.3, 0.4) is 0 Å². The molecule has 1 aromatic heterocycles. The molecule has 0 amide bonds. The van der Waals surface area contributed by atoms with Gasteiger partial charge in [0, 0.05) is 16.2 Å². The van der Waals surface area contributed by atoms with Crippen molar-refractivity contribution >= 4 is 54.3 Å². The predicted molar refractivity (Wildman–Crippen MR) is 220 cm³/mol. The number of furan rings is 1. The molecular weight excluding hydrogens is 629 g/mol. The topological polar surface area (TPSA) is 13.1 Å². The SMILES string of the molecule is CC1(C)c2ccccc2-c2ccc(-c3cccc(-c4c5ccccc5c(-c5cccc6oc7cc8ccccc8cc7c56)c5ccccc45)c3)cc21. The minimum absolute atomic E-state index is 0.0436. The van der Waals surface area contributed by atoms with E-state index in [2.05, 4.69) is 184 Å². The molecule has 1 nitrogen and oxygen atoms in total. The van der Waals surface area contributed by atoms with Gasteiger partial charge in [0.1, 0.15) is 11.2 Å². The van der Waals surface area contributed by atoms with Crippen molar-refractivity contribution in [3.8, 4) is 44.5 Å². The molecule has 11 rings (SSSR count). The highest BCUT2D eigenvalue weighted by atomic mass is 16.3. The summed E-state index contributed by atoms with van der Waals surface area (Å²) in [6, 6.07) is 62.5. The first-order chi connectivity index (χ1) is 25.5. The molecule has 0 unspecified atom stereocenters. The number of rotatable bonds is 3. The lowest BCUT2D eigenvalue weighted by atomic mass is 9.81. The Morgan fingerprint density at radius 3 is 1.71 bits per heavy atom. The van der Waals surface area contributed by atoms with Crippen LogP contribution in [0.5, 0.6) is 0 Å². The second kappa shape index (κ2) is 10.8. The van der Waals surface area contributed by atoms with E-state index in [1.54, 1.807) is 0 Å². The standard InChI is InChI=1S/C51H34O/c1-51(2)44-23-10-9-17-36(44)37-26-25-34(29-45(37)51)31-15-11-16-35(27-31)48-38-18-5-7-20-40(38)49(41-21-8-6-19-39(41)48)42-22-12-24-46-50(42)43-28-32-13-3-4-14-33(32)30-47(43)52-46/h3-30H,1-2H3. The van der Waals surface area contributed by atoms with Crippen molar-refractivity contribution in [2.24, 2.45) is 0 Å². The fourth-order valence-corrected chi connectivity index (χ4v) is 9.19. The van der Waals surface area contributed by atoms with Gasteiger partial charge in [-0.2, -0.15) is 0 Å². The highest BCUT2D eigenvalue weighted by Gasteiger charge is 2.35. The third kappa shape index (κ3) is 4.11. The third-order valence-electron chi connectivity index (χ3n) is 11.6. The Labute approximate surface area is 302 Å². The molecule has 1 aliphatic carbocycles. The molecule has 0 saturated heterocycles. The maximum atomic E-state index is 6.55. The summed E-state index contributed by atoms with van der Waals surface area (Å²) in [5.41, 5.74) is 14.7. The van der Waals surface area contributed by atoms with E-state index in [1.165, 1.54) is 88.0 Å². The third-order valence-corrected chi connectivity index (χ3v) is 11.6. The van der Waals surface area contributed by atoms with Crippen molar-refractivity contribution in [1.82, 2.24) is 0 Å². The van der Waals surface area contributed by atoms with E-state index in [0.717, 1.165) is 21.9 Å². The van der Waals surface area contributed by atoms with Crippen LogP contribution < -0.4 is 0 Å². The van der Waals surface area contributed by atoms with Gasteiger partial charge in [0.15, 0.2) is 0 Å². The van der Waals surface area contributed by atoms with Gasteiger partial charge in [-0.1, -0.05) is 153 Å². The Balaban J connectivity index is 1.14. The molecule has 1 heteroatoms. The van der Waals surface area contributed by atoms with Crippen molar-refractivity contribution in [1.29, 1.82) is 0 Å². The monoisotopic (exact) mass is 662 g/mol. The fraction of sp³-hybridized carbons (Fsp3) is 0.0588. The van der Waals surface area contributed by atoms with Gasteiger partial charge in [-0.05, 0) is 118 Å². The predicted octanol–water partition coefficient (Wildman–Crippen LogP) is 14.4. The van der Waals surface area contributed by atoms with Crippen LogP contribution in [-0.4, -0.2) is 0 Å². The first-order valence-electron chi connectivity index (χ1n) is 18.2. The number of fused-ring (bicyclic) bond motifs is 9. The molecule has 0 spiro atoms. The van der Waals surface area contributed by atoms with Crippen molar-refractivity contribution < 1.29 is 4.42 Å². The summed E-state index contributed by atoms with van der Waals surface area (Å²) >= 11 is 0. The summed E-state index contributed by atoms with van der Waals surface area (Å²) in [4.78, 5) is 0. The molecule has 0 atom stereocenters. The molecule has 0 saturated carbocycles. The van der Waals surface area contributed by atoms with Crippen LogP contribution in [0.2, 0.25) is 0 Å². The normalized spacial score (nSPS) is 13.3. The molecule has 10 aromatic rings. The molecule has 0 bridgehead atoms. The van der Waals surface area contributed by atoms with E-state index in [-0.39, 0.29) is 5.41 Å². The Hall–Kier alpha value is -6.44. The van der Waals surface area contributed by atoms with Gasteiger partial charge in [0.25, 0.3) is 0 Å². The molecule has 1 aliphatic rings. The van der Waals surface area contributed by atoms with E-state index >= 15 is 0 Å². The van der Waals surface area contributed by atoms with Gasteiger partial charge in [-0.15, -0.1) is 0 Å². The molecule has 52 heavy (non-hydrogen) atoms. The van der Waals surface area contributed by atoms with Crippen LogP contribution in [0, 0.1) is 0 Å². The molecule has 9 aromatic carbocycles. The van der Waals surface area contributed by atoms with Gasteiger partial charge in [0.2, 0.25) is 0 Å². The van der Waals surface area contributed by atoms with Crippen LogP contribution in [0.25, 0.3) is 98.8 Å². The highest BCUT2D eigenvalue weighted by Crippen LogP contribution is 2.51. The average Bonchev–Trinajstić information content (AvgIpc) is 3.67. The zero-order valence-electron chi connectivity index (χ0n) is 29.1. The lowest BCUT2D eigenvalue weighted by Gasteiger charge is -2.22. The summed E-state index contributed by atoms with van der Waals surface area (Å²) in [6.45, 7) is 4.71. The van der Waals surface area contributed by atoms with E-state index in [0.29, 0.717) is 0 Å². The van der Waals surface area contributed by atoms with Gasteiger partial charge in [0.05, 0.1) is 0 Å². The van der Waals surface area contributed by atoms with Gasteiger partial charge in [-0.25, -0.2) is 0 Å². The van der Waals surface area contributed by atoms with Crippen molar-refractivity contribution in [2.45, 2.75) is 19.3 Å². The van der Waals surface area contributed by atoms with Crippen molar-refractivity contribution in [3.63, 3.8) is 0 Å². The summed E-state index contributed by atoms with van der Waals surface area (Å²) in [7, 11) is 0. The second-order valence-corrected chi connectivity index (χ2v) is 14.8. The maximum Gasteiger partial charge on any atom is 0.136 e. The van der Waals surface area contributed by atoms with Crippen LogP contribution in [0.4, 0.5) is 0 Å². The Morgan fingerprint density at radius 2 is 0.942 bits per heavy atom. The Bertz CT molecular complexity index is 3040. The van der Waals surface area contributed by atoms with Crippen molar-refractivity contribution in [3.05, 3.63) is 181 Å². The zero-order valence-corrected chi connectivity index (χ0v) is 29.1. The van der Waals surface area contributed by atoms with Crippen LogP contribution in [-0.2, 0) is 5.41 Å². The van der Waals surface area contributed by atoms with Crippen LogP contribution in [0.15, 0.2) is 174 Å². The van der Waals surface area contributed by atoms with Crippen LogP contribution >= 0.6 is 0 Å². The minimum Gasteiger partial charge on any atom is -0.456 e. The quantitative estimate of drug-likeness (QED) is 0.172. The van der Waals surface area contributed by atoms with E-state index < -0.39 is 0 Å². The average molecular weight is 663 g/mol. The molecule has 0 N–H and O–H groups in total. The lowest BCUT2D eigenvalue weighted by Crippen LogP contribution is -2.14. The molecule has 0 fully saturated rings. The van der Waals surface area contributed by atoms with Gasteiger partial charge < -0.3 is 4.42 Å². The van der Waals surface area contributed by atoms with Gasteiger partial charge in [-0.3, -0.25) is 0 Å². The number of benzene rings is 9. The Morgan fingerprint density at radius 1 is 0.365 bits per heavy atom. The summed E-state index contributed by atoms with van der Waals surface area (Å²) in [5, 5.41) is 9.68. The molecule has 244 valence electrons. The zero-order chi connectivity index (χ0) is 34.6. The second-order valence-electron chi connectivity index (χ2n) is 14.8. The summed E-state index contributed by atoms with van der Waals surface area (Å²) in [6.07, 6.45) is 0. The summed E-state index contributed by atoms with van der Waals surface area (Å²) < 4.78 is 6.55. The van der Waals surface area contributed by atoms with Crippen molar-refractivity contribution in [2.75, 3.05) is 0 Å². The smallest absolute Gasteiger partial charge is 0.136 e. The van der Waals surface area contributed by atoms with Crippen LogP contribution in [0.1, 0.15) is 25.0 Å².